The van der Waals surface area contributed by atoms with Gasteiger partial charge in [0.05, 0.1) is 0 Å². The van der Waals surface area contributed by atoms with Crippen molar-refractivity contribution in [3.63, 3.8) is 0 Å². The number of hydrogen-bond donors (Lipinski definition) is 0. The molecule has 0 spiro atoms. The minimum absolute atomic E-state index is 0. The van der Waals surface area contributed by atoms with Crippen LogP contribution in [-0.2, 0) is 32.7 Å². The van der Waals surface area contributed by atoms with E-state index in [4.69, 9.17) is 0 Å². The third-order valence-electron chi connectivity index (χ3n) is 2.60. The molecule has 1 heteroatoms. The Kier molecular flexibility index (Phi) is 11.1. The molecule has 0 fully saturated rings. The Hall–Kier alpha value is -0.456. The summed E-state index contributed by atoms with van der Waals surface area (Å²) in [5.74, 6) is 0. The molecule has 0 radical (unpaired) electrons. The molecule has 0 aliphatic heterocycles. The van der Waals surface area contributed by atoms with E-state index in [1.54, 1.807) is 0 Å². The summed E-state index contributed by atoms with van der Waals surface area (Å²) < 4.78 is 0. The largest absolute Gasteiger partial charge is 3.00 e. The second-order valence-corrected chi connectivity index (χ2v) is 4.40. The summed E-state index contributed by atoms with van der Waals surface area (Å²) in [6.45, 7) is 6.18. The van der Waals surface area contributed by atoms with Gasteiger partial charge in [0.15, 0.2) is 0 Å². The molecule has 0 bridgehead atoms. The van der Waals surface area contributed by atoms with Crippen LogP contribution in [-0.4, -0.2) is 0 Å². The fourth-order valence-electron chi connectivity index (χ4n) is 1.54. The summed E-state index contributed by atoms with van der Waals surface area (Å²) in [5.41, 5.74) is 3.82. The molecule has 19 heavy (non-hydrogen) atoms. The first-order valence-corrected chi connectivity index (χ1v) is 6.40. The van der Waals surface area contributed by atoms with E-state index in [1.165, 1.54) is 16.7 Å². The summed E-state index contributed by atoms with van der Waals surface area (Å²) in [4.78, 5) is 0. The number of hydrogen-bond acceptors (Lipinski definition) is 0. The molecule has 3 rings (SSSR count). The monoisotopic (exact) mass is 326 g/mol. The maximum Gasteiger partial charge on any atom is 3.00 e. The summed E-state index contributed by atoms with van der Waals surface area (Å²) in [6.07, 6.45) is 25.0. The second-order valence-electron chi connectivity index (χ2n) is 4.40. The molecule has 0 unspecified atom stereocenters. The summed E-state index contributed by atoms with van der Waals surface area (Å²) >= 11 is 0. The van der Waals surface area contributed by atoms with Crippen LogP contribution < -0.4 is 0 Å². The molecular formula is C18H21Y. The fraction of sp³-hybridized carbons (Fsp3) is 0.333. The van der Waals surface area contributed by atoms with Crippen molar-refractivity contribution < 1.29 is 32.7 Å². The molecule has 0 aromatic heterocycles. The van der Waals surface area contributed by atoms with Crippen molar-refractivity contribution in [2.75, 3.05) is 0 Å². The average Bonchev–Trinajstić information content (AvgIpc) is 3.05. The van der Waals surface area contributed by atoms with Gasteiger partial charge in [-0.15, -0.1) is 19.3 Å². The van der Waals surface area contributed by atoms with Gasteiger partial charge in [0.1, 0.15) is 0 Å². The van der Waals surface area contributed by atoms with Crippen LogP contribution in [0, 0.1) is 18.2 Å². The second kappa shape index (κ2) is 11.4. The van der Waals surface area contributed by atoms with Gasteiger partial charge in [-0.05, 0) is 0 Å². The van der Waals surface area contributed by atoms with Crippen molar-refractivity contribution in [3.05, 3.63) is 71.4 Å². The van der Waals surface area contributed by atoms with Gasteiger partial charge in [-0.2, -0.15) is 18.2 Å². The van der Waals surface area contributed by atoms with E-state index in [-0.39, 0.29) is 32.7 Å². The van der Waals surface area contributed by atoms with Gasteiger partial charge in [0, 0.05) is 0 Å². The molecule has 0 nitrogen and oxygen atoms in total. The van der Waals surface area contributed by atoms with Crippen LogP contribution in [0.5, 0.6) is 0 Å². The summed E-state index contributed by atoms with van der Waals surface area (Å²) in [7, 11) is 0. The topological polar surface area (TPSA) is 0 Å². The Bertz CT molecular complexity index is 354. The van der Waals surface area contributed by atoms with Crippen LogP contribution in [0.3, 0.4) is 0 Å². The van der Waals surface area contributed by atoms with Gasteiger partial charge in [-0.1, -0.05) is 20.8 Å². The summed E-state index contributed by atoms with van der Waals surface area (Å²) in [5, 5.41) is 0. The minimum atomic E-state index is 0. The maximum absolute atomic E-state index is 3.12. The van der Waals surface area contributed by atoms with E-state index in [1.807, 2.05) is 0 Å². The van der Waals surface area contributed by atoms with Crippen molar-refractivity contribution in [3.8, 4) is 0 Å². The van der Waals surface area contributed by atoms with E-state index in [0.29, 0.717) is 0 Å². The van der Waals surface area contributed by atoms with Gasteiger partial charge >= 0.3 is 32.7 Å². The van der Waals surface area contributed by atoms with E-state index in [9.17, 15) is 0 Å². The molecule has 0 N–H and O–H groups in total. The first-order valence-electron chi connectivity index (χ1n) is 6.40. The van der Waals surface area contributed by atoms with Crippen LogP contribution in [0.15, 0.2) is 53.2 Å². The zero-order chi connectivity index (χ0) is 13.2. The Labute approximate surface area is 143 Å². The van der Waals surface area contributed by atoms with Crippen molar-refractivity contribution in [1.82, 2.24) is 0 Å². The van der Waals surface area contributed by atoms with Gasteiger partial charge in [-0.3, -0.25) is 18.2 Å². The zero-order valence-corrected chi connectivity index (χ0v) is 15.0. The first-order chi connectivity index (χ1) is 8.68. The molecule has 0 aromatic carbocycles. The Morgan fingerprint density at radius 2 is 0.895 bits per heavy atom. The van der Waals surface area contributed by atoms with Crippen LogP contribution in [0.2, 0.25) is 0 Å². The molecule has 0 amide bonds. The summed E-state index contributed by atoms with van der Waals surface area (Å²) in [6, 6.07) is 0. The van der Waals surface area contributed by atoms with E-state index in [0.717, 1.165) is 19.3 Å². The van der Waals surface area contributed by atoms with Gasteiger partial charge in [0.25, 0.3) is 0 Å². The molecule has 0 atom stereocenters. The SMILES string of the molecule is CC1=[C-]CC=C1.CC1=[C-]CC=C1.CC1=[C-]CC=C1.[Y+3]. The third kappa shape index (κ3) is 10.0. The van der Waals surface area contributed by atoms with Crippen LogP contribution in [0.4, 0.5) is 0 Å². The van der Waals surface area contributed by atoms with Crippen molar-refractivity contribution in [1.29, 1.82) is 0 Å². The van der Waals surface area contributed by atoms with Crippen LogP contribution in [0.1, 0.15) is 40.0 Å². The zero-order valence-electron chi connectivity index (χ0n) is 12.2. The predicted molar refractivity (Wildman–Crippen MR) is 78.6 cm³/mol. The quantitative estimate of drug-likeness (QED) is 0.544. The van der Waals surface area contributed by atoms with Crippen LogP contribution in [0.25, 0.3) is 0 Å². The predicted octanol–water partition coefficient (Wildman–Crippen LogP) is 5.08. The normalized spacial score (nSPS) is 17.5. The molecular weight excluding hydrogens is 305 g/mol. The van der Waals surface area contributed by atoms with E-state index >= 15 is 0 Å². The van der Waals surface area contributed by atoms with E-state index < -0.39 is 0 Å². The third-order valence-corrected chi connectivity index (χ3v) is 2.60. The smallest absolute Gasteiger partial charge is 0.270 e. The standard InChI is InChI=1S/3C6H7.Y/c3*1-6-4-2-3-5-6;/h3*2,4H,3H2,1H3;/q3*-1;+3. The minimum Gasteiger partial charge on any atom is -0.270 e. The molecule has 0 heterocycles. The maximum atomic E-state index is 3.12. The Morgan fingerprint density at radius 1 is 0.632 bits per heavy atom. The fourth-order valence-corrected chi connectivity index (χ4v) is 1.54. The van der Waals surface area contributed by atoms with Crippen molar-refractivity contribution in [2.24, 2.45) is 0 Å². The molecule has 0 saturated heterocycles. The Morgan fingerprint density at radius 3 is 0.947 bits per heavy atom. The first kappa shape index (κ1) is 18.5. The molecule has 3 aliphatic rings. The number of rotatable bonds is 0. The average molecular weight is 326 g/mol. The van der Waals surface area contributed by atoms with Crippen molar-refractivity contribution >= 4 is 0 Å². The van der Waals surface area contributed by atoms with Gasteiger partial charge < -0.3 is 0 Å². The Balaban J connectivity index is 0.000000249. The molecule has 96 valence electrons. The van der Waals surface area contributed by atoms with E-state index in [2.05, 4.69) is 75.5 Å². The van der Waals surface area contributed by atoms with Crippen molar-refractivity contribution in [2.45, 2.75) is 40.0 Å². The van der Waals surface area contributed by atoms with Gasteiger partial charge in [-0.25, -0.2) is 34.9 Å². The molecule has 0 saturated carbocycles. The molecule has 0 aromatic rings. The number of allylic oxidation sites excluding steroid dienone is 12. The molecule has 3 aliphatic carbocycles. The van der Waals surface area contributed by atoms with Gasteiger partial charge in [0.2, 0.25) is 0 Å². The van der Waals surface area contributed by atoms with Crippen LogP contribution >= 0.6 is 0 Å².